The molecule has 1 N–H and O–H groups in total. The Hall–Kier alpha value is -3.06. The number of benzene rings is 2. The van der Waals surface area contributed by atoms with Gasteiger partial charge < -0.3 is 10.1 Å². The monoisotopic (exact) mass is 558 g/mol. The number of hydrogen-bond donors (Lipinski definition) is 1. The van der Waals surface area contributed by atoms with E-state index in [1.807, 2.05) is 45.9 Å². The van der Waals surface area contributed by atoms with Gasteiger partial charge in [-0.15, -0.1) is 0 Å². The van der Waals surface area contributed by atoms with Crippen LogP contribution in [0.1, 0.15) is 73.3 Å². The number of nitrogens with zero attached hydrogens (tertiary/aromatic N) is 1. The third kappa shape index (κ3) is 4.98. The van der Waals surface area contributed by atoms with Crippen LogP contribution in [0.4, 0.5) is 10.5 Å². The van der Waals surface area contributed by atoms with Crippen molar-refractivity contribution in [2.45, 2.75) is 71.6 Å². The van der Waals surface area contributed by atoms with E-state index in [1.165, 1.54) is 44.1 Å². The molecule has 5 fully saturated rings. The molecule has 7 heteroatoms. The molecule has 4 bridgehead atoms. The summed E-state index contributed by atoms with van der Waals surface area (Å²) in [5.74, 6) is 2.37. The highest BCUT2D eigenvalue weighted by atomic mass is 32.2. The van der Waals surface area contributed by atoms with Gasteiger partial charge in [0.05, 0.1) is 11.5 Å². The molecule has 1 saturated heterocycles. The highest BCUT2D eigenvalue weighted by molar-refractivity contribution is 8.18. The van der Waals surface area contributed by atoms with Gasteiger partial charge in [-0.25, -0.2) is 0 Å². The lowest BCUT2D eigenvalue weighted by molar-refractivity contribution is -0.127. The quantitative estimate of drug-likeness (QED) is 0.365. The lowest BCUT2D eigenvalue weighted by Gasteiger charge is -2.57. The maximum Gasteiger partial charge on any atom is 0.294 e. The molecule has 0 radical (unpaired) electrons. The Kier molecular flexibility index (Phi) is 7.06. The minimum atomic E-state index is -0.440. The smallest absolute Gasteiger partial charge is 0.294 e. The summed E-state index contributed by atoms with van der Waals surface area (Å²) < 4.78 is 5.94. The molecule has 40 heavy (non-hydrogen) atoms. The van der Waals surface area contributed by atoms with Crippen LogP contribution in [0.2, 0.25) is 0 Å². The third-order valence-corrected chi connectivity index (χ3v) is 10.3. The fraction of sp³-hybridized carbons (Fsp3) is 0.485. The zero-order valence-corrected chi connectivity index (χ0v) is 24.7. The Balaban J connectivity index is 1.24. The molecule has 0 aromatic heterocycles. The summed E-state index contributed by atoms with van der Waals surface area (Å²) in [6.45, 7) is 8.02. The topological polar surface area (TPSA) is 75.7 Å². The molecule has 1 heterocycles. The summed E-state index contributed by atoms with van der Waals surface area (Å²) in [6.07, 6.45) is 9.67. The van der Waals surface area contributed by atoms with Gasteiger partial charge in [0.15, 0.2) is 0 Å². The van der Waals surface area contributed by atoms with Crippen molar-refractivity contribution in [2.24, 2.45) is 17.8 Å². The van der Waals surface area contributed by atoms with E-state index in [2.05, 4.69) is 17.4 Å². The predicted molar refractivity (Wildman–Crippen MR) is 159 cm³/mol. The SMILES string of the molecule is CCOc1ccc(C23CC4CC(CC(C4)C2)C3)cc1/C=C1/SC(=O)N(CC(=O)Nc2c(C)cc(C)cc2C)C1=O. The molecule has 1 aliphatic heterocycles. The lowest BCUT2D eigenvalue weighted by Crippen LogP contribution is -2.48. The third-order valence-electron chi connectivity index (χ3n) is 9.36. The van der Waals surface area contributed by atoms with Crippen molar-refractivity contribution < 1.29 is 19.1 Å². The van der Waals surface area contributed by atoms with Crippen molar-refractivity contribution >= 4 is 40.6 Å². The van der Waals surface area contributed by atoms with Gasteiger partial charge in [0, 0.05) is 11.3 Å². The number of aryl methyl sites for hydroxylation is 3. The molecule has 3 amide bonds. The fourth-order valence-corrected chi connectivity index (χ4v) is 9.05. The van der Waals surface area contributed by atoms with Crippen LogP contribution in [-0.4, -0.2) is 35.1 Å². The Bertz CT molecular complexity index is 1370. The number of carbonyl (C=O) groups excluding carboxylic acids is 3. The first kappa shape index (κ1) is 27.1. The number of thioether (sulfide) groups is 1. The molecule has 4 saturated carbocycles. The van der Waals surface area contributed by atoms with Crippen LogP contribution < -0.4 is 10.1 Å². The van der Waals surface area contributed by atoms with Gasteiger partial charge >= 0.3 is 0 Å². The number of hydrogen-bond acceptors (Lipinski definition) is 5. The second kappa shape index (κ2) is 10.4. The van der Waals surface area contributed by atoms with E-state index in [-0.39, 0.29) is 12.0 Å². The van der Waals surface area contributed by atoms with E-state index < -0.39 is 17.1 Å². The van der Waals surface area contributed by atoms with Crippen molar-refractivity contribution in [3.63, 3.8) is 0 Å². The molecule has 6 nitrogen and oxygen atoms in total. The van der Waals surface area contributed by atoms with Crippen LogP contribution in [0.3, 0.4) is 0 Å². The lowest BCUT2D eigenvalue weighted by atomic mass is 9.48. The number of rotatable bonds is 7. The van der Waals surface area contributed by atoms with Crippen molar-refractivity contribution in [1.29, 1.82) is 0 Å². The number of amides is 3. The first-order valence-electron chi connectivity index (χ1n) is 14.5. The molecule has 2 aromatic carbocycles. The first-order valence-corrected chi connectivity index (χ1v) is 15.4. The number of carbonyl (C=O) groups is 3. The fourth-order valence-electron chi connectivity index (χ4n) is 8.22. The standard InChI is InChI=1S/C33H38N2O4S/c1-5-39-27-7-6-26(33-15-22-10-23(16-33)12-24(11-22)17-33)13-25(27)14-28-31(37)35(32(38)40-28)18-29(36)34-30-20(3)8-19(2)9-21(30)4/h6-9,13-14,22-24H,5,10-12,15-18H2,1-4H3,(H,34,36)/b28-14+. The number of anilines is 1. The van der Waals surface area contributed by atoms with Crippen LogP contribution in [0.25, 0.3) is 6.08 Å². The molecule has 4 aliphatic carbocycles. The predicted octanol–water partition coefficient (Wildman–Crippen LogP) is 7.15. The molecule has 210 valence electrons. The van der Waals surface area contributed by atoms with Crippen LogP contribution in [0.15, 0.2) is 35.2 Å². The molecule has 0 spiro atoms. The Labute approximate surface area is 240 Å². The normalized spacial score (nSPS) is 28.1. The van der Waals surface area contributed by atoms with E-state index in [1.54, 1.807) is 6.08 Å². The van der Waals surface area contributed by atoms with Gasteiger partial charge in [-0.2, -0.15) is 0 Å². The average Bonchev–Trinajstić information content (AvgIpc) is 3.13. The molecule has 0 atom stereocenters. The van der Waals surface area contributed by atoms with Gasteiger partial charge in [0.1, 0.15) is 12.3 Å². The molecular weight excluding hydrogens is 520 g/mol. The first-order chi connectivity index (χ1) is 19.1. The largest absolute Gasteiger partial charge is 0.493 e. The van der Waals surface area contributed by atoms with Crippen molar-refractivity contribution in [2.75, 3.05) is 18.5 Å². The number of nitrogens with one attached hydrogen (secondary N) is 1. The van der Waals surface area contributed by atoms with Gasteiger partial charge in [-0.1, -0.05) is 23.8 Å². The van der Waals surface area contributed by atoms with Gasteiger partial charge in [0.2, 0.25) is 5.91 Å². The second-order valence-electron chi connectivity index (χ2n) is 12.5. The maximum atomic E-state index is 13.4. The highest BCUT2D eigenvalue weighted by Crippen LogP contribution is 2.61. The van der Waals surface area contributed by atoms with Gasteiger partial charge in [-0.05, 0) is 136 Å². The summed E-state index contributed by atoms with van der Waals surface area (Å²) in [5, 5.41) is 2.47. The van der Waals surface area contributed by atoms with E-state index >= 15 is 0 Å². The molecule has 5 aliphatic rings. The van der Waals surface area contributed by atoms with E-state index in [4.69, 9.17) is 4.74 Å². The number of ether oxygens (including phenoxy) is 1. The highest BCUT2D eigenvalue weighted by Gasteiger charge is 2.51. The minimum Gasteiger partial charge on any atom is -0.493 e. The Morgan fingerprint density at radius 1 is 1.02 bits per heavy atom. The van der Waals surface area contributed by atoms with Crippen molar-refractivity contribution in [3.05, 3.63) is 63.1 Å². The Morgan fingerprint density at radius 3 is 2.25 bits per heavy atom. The van der Waals surface area contributed by atoms with Crippen LogP contribution in [0, 0.1) is 38.5 Å². The van der Waals surface area contributed by atoms with Crippen LogP contribution in [0.5, 0.6) is 5.75 Å². The maximum absolute atomic E-state index is 13.4. The molecular formula is C33H38N2O4S. The summed E-state index contributed by atoms with van der Waals surface area (Å²) in [7, 11) is 0. The number of imide groups is 1. The summed E-state index contributed by atoms with van der Waals surface area (Å²) >= 11 is 0.888. The van der Waals surface area contributed by atoms with Gasteiger partial charge in [0.25, 0.3) is 11.1 Å². The van der Waals surface area contributed by atoms with Crippen LogP contribution >= 0.6 is 11.8 Å². The molecule has 2 aromatic rings. The zero-order chi connectivity index (χ0) is 28.2. The van der Waals surface area contributed by atoms with E-state index in [9.17, 15) is 14.4 Å². The summed E-state index contributed by atoms with van der Waals surface area (Å²) in [4.78, 5) is 40.5. The van der Waals surface area contributed by atoms with Crippen molar-refractivity contribution in [1.82, 2.24) is 4.90 Å². The van der Waals surface area contributed by atoms with Gasteiger partial charge in [-0.3, -0.25) is 19.3 Å². The zero-order valence-electron chi connectivity index (χ0n) is 23.8. The van der Waals surface area contributed by atoms with Crippen molar-refractivity contribution in [3.8, 4) is 5.75 Å². The molecule has 0 unspecified atom stereocenters. The Morgan fingerprint density at radius 2 is 1.65 bits per heavy atom. The molecule has 7 rings (SSSR count). The average molecular weight is 559 g/mol. The van der Waals surface area contributed by atoms with E-state index in [0.717, 1.165) is 62.4 Å². The minimum absolute atomic E-state index is 0.214. The van der Waals surface area contributed by atoms with E-state index in [0.29, 0.717) is 17.3 Å². The summed E-state index contributed by atoms with van der Waals surface area (Å²) in [5.41, 5.74) is 6.11. The second-order valence-corrected chi connectivity index (χ2v) is 13.5. The summed E-state index contributed by atoms with van der Waals surface area (Å²) in [6, 6.07) is 10.5. The van der Waals surface area contributed by atoms with Crippen LogP contribution in [-0.2, 0) is 15.0 Å².